The zero-order valence-corrected chi connectivity index (χ0v) is 15.2. The van der Waals surface area contributed by atoms with Gasteiger partial charge in [-0.2, -0.15) is 0 Å². The smallest absolute Gasteiger partial charge is 0.256 e. The topological polar surface area (TPSA) is 60.9 Å². The van der Waals surface area contributed by atoms with E-state index in [1.165, 1.54) is 0 Å². The molecule has 26 heavy (non-hydrogen) atoms. The summed E-state index contributed by atoms with van der Waals surface area (Å²) in [4.78, 5) is 44.2. The van der Waals surface area contributed by atoms with Crippen molar-refractivity contribution >= 4 is 23.4 Å². The molecule has 3 amide bonds. The van der Waals surface area contributed by atoms with Gasteiger partial charge in [-0.15, -0.1) is 0 Å². The number of rotatable bonds is 2. The second-order valence-corrected chi connectivity index (χ2v) is 7.53. The fourth-order valence-electron chi connectivity index (χ4n) is 4.47. The summed E-state index contributed by atoms with van der Waals surface area (Å²) in [6.07, 6.45) is 4.65. The minimum atomic E-state index is -0.443. The van der Waals surface area contributed by atoms with Gasteiger partial charge in [-0.05, 0) is 51.2 Å². The first-order valence-corrected chi connectivity index (χ1v) is 9.59. The average molecular weight is 355 g/mol. The molecule has 6 heteroatoms. The van der Waals surface area contributed by atoms with Gasteiger partial charge in [0.15, 0.2) is 0 Å². The molecule has 0 bridgehead atoms. The number of carbonyl (C=O) groups is 3. The van der Waals surface area contributed by atoms with E-state index in [9.17, 15) is 14.4 Å². The van der Waals surface area contributed by atoms with Crippen molar-refractivity contribution in [3.8, 4) is 0 Å². The van der Waals surface area contributed by atoms with Gasteiger partial charge in [0.25, 0.3) is 5.91 Å². The van der Waals surface area contributed by atoms with E-state index in [4.69, 9.17) is 0 Å². The van der Waals surface area contributed by atoms with Crippen LogP contribution >= 0.6 is 0 Å². The summed E-state index contributed by atoms with van der Waals surface area (Å²) in [7, 11) is 0. The maximum absolute atomic E-state index is 13.2. The van der Waals surface area contributed by atoms with Gasteiger partial charge in [-0.1, -0.05) is 12.1 Å². The lowest BCUT2D eigenvalue weighted by atomic mass is 10.0. The third-order valence-corrected chi connectivity index (χ3v) is 5.91. The molecule has 2 fully saturated rings. The molecule has 4 rings (SSSR count). The molecule has 0 spiro atoms. The Morgan fingerprint density at radius 3 is 2.69 bits per heavy atom. The van der Waals surface area contributed by atoms with Crippen molar-refractivity contribution in [2.24, 2.45) is 0 Å². The fourth-order valence-corrected chi connectivity index (χ4v) is 4.47. The number of benzene rings is 1. The van der Waals surface area contributed by atoms with Crippen molar-refractivity contribution in [2.45, 2.75) is 51.1 Å². The van der Waals surface area contributed by atoms with E-state index in [1.807, 2.05) is 17.0 Å². The Balaban J connectivity index is 1.67. The number of fused-ring (bicyclic) bond motifs is 2. The number of amides is 3. The van der Waals surface area contributed by atoms with E-state index < -0.39 is 6.04 Å². The zero-order valence-electron chi connectivity index (χ0n) is 15.2. The average Bonchev–Trinajstić information content (AvgIpc) is 3.12. The largest absolute Gasteiger partial charge is 0.338 e. The molecule has 138 valence electrons. The summed E-state index contributed by atoms with van der Waals surface area (Å²) in [5, 5.41) is 0. The lowest BCUT2D eigenvalue weighted by Crippen LogP contribution is -2.51. The van der Waals surface area contributed by atoms with Crippen molar-refractivity contribution < 1.29 is 14.4 Å². The van der Waals surface area contributed by atoms with E-state index >= 15 is 0 Å². The summed E-state index contributed by atoms with van der Waals surface area (Å²) in [6.45, 7) is 3.43. The van der Waals surface area contributed by atoms with Crippen LogP contribution in [0.15, 0.2) is 24.3 Å². The molecule has 0 radical (unpaired) electrons. The quantitative estimate of drug-likeness (QED) is 0.816. The Labute approximate surface area is 153 Å². The lowest BCUT2D eigenvalue weighted by molar-refractivity contribution is -0.134. The van der Waals surface area contributed by atoms with Crippen LogP contribution in [0.1, 0.15) is 49.4 Å². The highest BCUT2D eigenvalue weighted by Crippen LogP contribution is 2.32. The molecule has 3 aliphatic rings. The molecule has 0 saturated carbocycles. The number of hydrogen-bond acceptors (Lipinski definition) is 3. The van der Waals surface area contributed by atoms with Crippen molar-refractivity contribution in [1.82, 2.24) is 9.80 Å². The molecule has 1 aromatic rings. The summed E-state index contributed by atoms with van der Waals surface area (Å²) < 4.78 is 0. The Morgan fingerprint density at radius 2 is 1.88 bits per heavy atom. The van der Waals surface area contributed by atoms with Crippen molar-refractivity contribution in [2.75, 3.05) is 24.5 Å². The molecule has 3 heterocycles. The molecule has 1 unspecified atom stereocenters. The van der Waals surface area contributed by atoms with Gasteiger partial charge in [0.2, 0.25) is 11.8 Å². The van der Waals surface area contributed by atoms with Crippen LogP contribution in [-0.2, 0) is 9.59 Å². The minimum absolute atomic E-state index is 0.0117. The molecule has 2 saturated heterocycles. The van der Waals surface area contributed by atoms with Crippen LogP contribution in [0.2, 0.25) is 0 Å². The third kappa shape index (κ3) is 2.77. The van der Waals surface area contributed by atoms with E-state index in [2.05, 4.69) is 6.92 Å². The van der Waals surface area contributed by atoms with Gasteiger partial charge >= 0.3 is 0 Å². The first kappa shape index (κ1) is 17.1. The van der Waals surface area contributed by atoms with E-state index in [0.29, 0.717) is 24.2 Å². The van der Waals surface area contributed by atoms with Crippen LogP contribution in [0.25, 0.3) is 0 Å². The Hall–Kier alpha value is -2.37. The number of hydrogen-bond donors (Lipinski definition) is 0. The Kier molecular flexibility index (Phi) is 4.42. The second-order valence-electron chi connectivity index (χ2n) is 7.53. The SMILES string of the molecule is CC1CCCCN1C(=O)CN1C(=O)[C@@H]2CCCN2C(=O)c2ccccc21. The molecule has 3 aliphatic heterocycles. The van der Waals surface area contributed by atoms with Crippen molar-refractivity contribution in [3.63, 3.8) is 0 Å². The number of anilines is 1. The molecule has 2 atom stereocenters. The van der Waals surface area contributed by atoms with Crippen LogP contribution in [0.5, 0.6) is 0 Å². The van der Waals surface area contributed by atoms with E-state index in [0.717, 1.165) is 32.2 Å². The van der Waals surface area contributed by atoms with Gasteiger partial charge < -0.3 is 14.7 Å². The minimum Gasteiger partial charge on any atom is -0.338 e. The Morgan fingerprint density at radius 1 is 1.08 bits per heavy atom. The number of para-hydroxylation sites is 1. The lowest BCUT2D eigenvalue weighted by Gasteiger charge is -2.35. The monoisotopic (exact) mass is 355 g/mol. The number of piperidine rings is 1. The van der Waals surface area contributed by atoms with Crippen LogP contribution in [0.3, 0.4) is 0 Å². The predicted molar refractivity (Wildman–Crippen MR) is 97.9 cm³/mol. The highest BCUT2D eigenvalue weighted by Gasteiger charge is 2.42. The van der Waals surface area contributed by atoms with Gasteiger partial charge in [0.1, 0.15) is 12.6 Å². The maximum atomic E-state index is 13.2. The van der Waals surface area contributed by atoms with Crippen molar-refractivity contribution in [3.05, 3.63) is 29.8 Å². The normalized spacial score (nSPS) is 25.8. The van der Waals surface area contributed by atoms with Crippen molar-refractivity contribution in [1.29, 1.82) is 0 Å². The third-order valence-electron chi connectivity index (χ3n) is 5.91. The predicted octanol–water partition coefficient (Wildman–Crippen LogP) is 2.04. The first-order chi connectivity index (χ1) is 12.6. The fraction of sp³-hybridized carbons (Fsp3) is 0.550. The molecular formula is C20H25N3O3. The summed E-state index contributed by atoms with van der Waals surface area (Å²) in [5.41, 5.74) is 1.08. The van der Waals surface area contributed by atoms with Crippen LogP contribution in [-0.4, -0.2) is 59.2 Å². The highest BCUT2D eigenvalue weighted by atomic mass is 16.2. The zero-order chi connectivity index (χ0) is 18.3. The maximum Gasteiger partial charge on any atom is 0.256 e. The number of carbonyl (C=O) groups excluding carboxylic acids is 3. The first-order valence-electron chi connectivity index (χ1n) is 9.59. The summed E-state index contributed by atoms with van der Waals surface area (Å²) >= 11 is 0. The molecule has 6 nitrogen and oxygen atoms in total. The second kappa shape index (κ2) is 6.74. The Bertz CT molecular complexity index is 748. The summed E-state index contributed by atoms with van der Waals surface area (Å²) in [6, 6.07) is 6.92. The molecule has 0 aliphatic carbocycles. The standard InChI is InChI=1S/C20H25N3O3/c1-14-7-4-5-11-21(14)18(24)13-23-16-9-3-2-8-15(16)19(25)22-12-6-10-17(22)20(23)26/h2-3,8-9,14,17H,4-7,10-13H2,1H3/t14?,17-/m0/s1. The van der Waals surface area contributed by atoms with Gasteiger partial charge in [-0.25, -0.2) is 0 Å². The molecule has 0 N–H and O–H groups in total. The number of likely N-dealkylation sites (tertiary alicyclic amines) is 1. The summed E-state index contributed by atoms with van der Waals surface area (Å²) in [5.74, 6) is -0.254. The van der Waals surface area contributed by atoms with Gasteiger partial charge in [-0.3, -0.25) is 14.4 Å². The number of nitrogens with zero attached hydrogens (tertiary/aromatic N) is 3. The van der Waals surface area contributed by atoms with Crippen LogP contribution < -0.4 is 4.90 Å². The van der Waals surface area contributed by atoms with E-state index in [-0.39, 0.29) is 30.3 Å². The molecule has 0 aromatic heterocycles. The van der Waals surface area contributed by atoms with Crippen LogP contribution in [0.4, 0.5) is 5.69 Å². The van der Waals surface area contributed by atoms with E-state index in [1.54, 1.807) is 21.9 Å². The van der Waals surface area contributed by atoms with Gasteiger partial charge in [0, 0.05) is 19.1 Å². The molecular weight excluding hydrogens is 330 g/mol. The van der Waals surface area contributed by atoms with Gasteiger partial charge in [0.05, 0.1) is 11.3 Å². The van der Waals surface area contributed by atoms with Crippen LogP contribution in [0, 0.1) is 0 Å². The highest BCUT2D eigenvalue weighted by molar-refractivity contribution is 6.12. The molecule has 1 aromatic carbocycles.